The molecule has 0 aromatic carbocycles. The fourth-order valence-corrected chi connectivity index (χ4v) is 4.41. The molecule has 3 N–H and O–H groups in total. The number of carboxylic acid groups (broad SMARTS) is 1. The van der Waals surface area contributed by atoms with Gasteiger partial charge >= 0.3 is 5.97 Å². The molecule has 1 saturated carbocycles. The molecule has 0 bridgehead atoms. The second-order valence-electron chi connectivity index (χ2n) is 5.68. The zero-order chi connectivity index (χ0) is 15.6. The second kappa shape index (κ2) is 5.69. The molecule has 1 aliphatic rings. The summed E-state index contributed by atoms with van der Waals surface area (Å²) in [6, 6.07) is 0. The molecule has 1 amide bonds. The SMILES string of the molecule is CC(=O)NC(C)(C(=O)O)C1(CS(=O)(=O)O)CCCCC1. The number of carbonyl (C=O) groups excluding carboxylic acids is 1. The summed E-state index contributed by atoms with van der Waals surface area (Å²) in [6.45, 7) is 2.50. The molecule has 1 unspecified atom stereocenters. The van der Waals surface area contributed by atoms with Gasteiger partial charge in [0, 0.05) is 12.3 Å². The average molecular weight is 307 g/mol. The lowest BCUT2D eigenvalue weighted by atomic mass is 9.63. The molecule has 0 heterocycles. The van der Waals surface area contributed by atoms with Gasteiger partial charge in [-0.25, -0.2) is 4.79 Å². The monoisotopic (exact) mass is 307 g/mol. The highest BCUT2D eigenvalue weighted by molar-refractivity contribution is 7.85. The predicted molar refractivity (Wildman–Crippen MR) is 71.8 cm³/mol. The van der Waals surface area contributed by atoms with E-state index in [0.29, 0.717) is 25.7 Å². The van der Waals surface area contributed by atoms with Crippen LogP contribution in [-0.4, -0.2) is 41.2 Å². The summed E-state index contributed by atoms with van der Waals surface area (Å²) >= 11 is 0. The molecule has 116 valence electrons. The number of nitrogens with one attached hydrogen (secondary N) is 1. The number of aliphatic carboxylic acids is 1. The number of rotatable bonds is 5. The summed E-state index contributed by atoms with van der Waals surface area (Å²) in [7, 11) is -4.35. The molecule has 1 aliphatic carbocycles. The van der Waals surface area contributed by atoms with Crippen molar-refractivity contribution in [3.8, 4) is 0 Å². The van der Waals surface area contributed by atoms with Crippen molar-refractivity contribution in [1.82, 2.24) is 5.32 Å². The number of amides is 1. The van der Waals surface area contributed by atoms with E-state index in [1.165, 1.54) is 13.8 Å². The third-order valence-electron chi connectivity index (χ3n) is 4.18. The van der Waals surface area contributed by atoms with Gasteiger partial charge in [0.25, 0.3) is 10.1 Å². The fraction of sp³-hybridized carbons (Fsp3) is 0.833. The standard InChI is InChI=1S/C12H21NO6S/c1-9(14)13-11(2,10(15)16)12(8-20(17,18)19)6-4-3-5-7-12/h3-8H2,1-2H3,(H,13,14)(H,15,16)(H,17,18,19). The summed E-state index contributed by atoms with van der Waals surface area (Å²) in [5.74, 6) is -2.50. The lowest BCUT2D eigenvalue weighted by Gasteiger charge is -2.47. The molecule has 20 heavy (non-hydrogen) atoms. The van der Waals surface area contributed by atoms with Crippen LogP contribution >= 0.6 is 0 Å². The second-order valence-corrected chi connectivity index (χ2v) is 7.13. The molecule has 0 saturated heterocycles. The molecule has 8 heteroatoms. The van der Waals surface area contributed by atoms with E-state index < -0.39 is 38.7 Å². The van der Waals surface area contributed by atoms with Crippen molar-refractivity contribution in [1.29, 1.82) is 0 Å². The summed E-state index contributed by atoms with van der Waals surface area (Å²) in [6.07, 6.45) is 2.87. The smallest absolute Gasteiger partial charge is 0.329 e. The summed E-state index contributed by atoms with van der Waals surface area (Å²) in [5.41, 5.74) is -2.93. The molecule has 1 atom stereocenters. The van der Waals surface area contributed by atoms with Crippen LogP contribution in [0, 0.1) is 5.41 Å². The van der Waals surface area contributed by atoms with E-state index in [0.717, 1.165) is 6.42 Å². The van der Waals surface area contributed by atoms with E-state index in [1.54, 1.807) is 0 Å². The average Bonchev–Trinajstić information content (AvgIpc) is 2.26. The third-order valence-corrected chi connectivity index (χ3v) is 5.10. The lowest BCUT2D eigenvalue weighted by molar-refractivity contribution is -0.154. The van der Waals surface area contributed by atoms with E-state index in [9.17, 15) is 27.7 Å². The first-order chi connectivity index (χ1) is 9.02. The van der Waals surface area contributed by atoms with Crippen LogP contribution in [0.2, 0.25) is 0 Å². The highest BCUT2D eigenvalue weighted by atomic mass is 32.2. The van der Waals surface area contributed by atoms with Crippen LogP contribution < -0.4 is 5.32 Å². The van der Waals surface area contributed by atoms with Crippen molar-refractivity contribution in [2.75, 3.05) is 5.75 Å². The van der Waals surface area contributed by atoms with Crippen LogP contribution in [0.1, 0.15) is 46.0 Å². The molecular formula is C12H21NO6S. The largest absolute Gasteiger partial charge is 0.479 e. The van der Waals surface area contributed by atoms with E-state index in [4.69, 9.17) is 0 Å². The number of carboxylic acids is 1. The highest BCUT2D eigenvalue weighted by Crippen LogP contribution is 2.46. The van der Waals surface area contributed by atoms with Gasteiger partial charge in [-0.1, -0.05) is 19.3 Å². The fourth-order valence-electron chi connectivity index (χ4n) is 3.13. The van der Waals surface area contributed by atoms with Gasteiger partial charge in [-0.3, -0.25) is 9.35 Å². The Kier molecular flexibility index (Phi) is 4.81. The van der Waals surface area contributed by atoms with E-state index in [1.807, 2.05) is 0 Å². The van der Waals surface area contributed by atoms with Gasteiger partial charge in [0.05, 0.1) is 5.75 Å². The van der Waals surface area contributed by atoms with Crippen molar-refractivity contribution >= 4 is 22.0 Å². The van der Waals surface area contributed by atoms with Crippen molar-refractivity contribution in [3.05, 3.63) is 0 Å². The molecule has 0 aromatic rings. The maximum absolute atomic E-state index is 11.7. The van der Waals surface area contributed by atoms with Gasteiger partial charge in [0.15, 0.2) is 0 Å². The molecule has 7 nitrogen and oxygen atoms in total. The molecule has 0 radical (unpaired) electrons. The molecule has 0 spiro atoms. The summed E-state index contributed by atoms with van der Waals surface area (Å²) in [4.78, 5) is 23.0. The number of hydrogen-bond donors (Lipinski definition) is 3. The van der Waals surface area contributed by atoms with Crippen molar-refractivity contribution in [2.24, 2.45) is 5.41 Å². The zero-order valence-electron chi connectivity index (χ0n) is 11.7. The maximum atomic E-state index is 11.7. The molecule has 0 aromatic heterocycles. The van der Waals surface area contributed by atoms with Crippen molar-refractivity contribution in [2.45, 2.75) is 51.5 Å². The Morgan fingerprint density at radius 2 is 1.75 bits per heavy atom. The first-order valence-electron chi connectivity index (χ1n) is 6.50. The van der Waals surface area contributed by atoms with Crippen molar-refractivity contribution < 1.29 is 27.7 Å². The van der Waals surface area contributed by atoms with Gasteiger partial charge < -0.3 is 10.4 Å². The highest BCUT2D eigenvalue weighted by Gasteiger charge is 2.56. The molecule has 0 aliphatic heterocycles. The summed E-state index contributed by atoms with van der Waals surface area (Å²) < 4.78 is 31.8. The Balaban J connectivity index is 3.31. The Morgan fingerprint density at radius 1 is 1.25 bits per heavy atom. The molecule has 1 fully saturated rings. The summed E-state index contributed by atoms with van der Waals surface area (Å²) in [5, 5.41) is 11.9. The van der Waals surface area contributed by atoms with Gasteiger partial charge in [-0.2, -0.15) is 8.42 Å². The van der Waals surface area contributed by atoms with Gasteiger partial charge in [0.2, 0.25) is 5.91 Å². The molecule has 1 rings (SSSR count). The minimum absolute atomic E-state index is 0.329. The van der Waals surface area contributed by atoms with Crippen LogP contribution in [-0.2, 0) is 19.7 Å². The normalized spacial score (nSPS) is 21.8. The number of hydrogen-bond acceptors (Lipinski definition) is 4. The Labute approximate surface area is 118 Å². The molecular weight excluding hydrogens is 286 g/mol. The van der Waals surface area contributed by atoms with Gasteiger partial charge in [0.1, 0.15) is 5.54 Å². The zero-order valence-corrected chi connectivity index (χ0v) is 12.5. The predicted octanol–water partition coefficient (Wildman–Crippen LogP) is 0.804. The van der Waals surface area contributed by atoms with Crippen LogP contribution in [0.4, 0.5) is 0 Å². The Morgan fingerprint density at radius 3 is 2.10 bits per heavy atom. The van der Waals surface area contributed by atoms with E-state index in [2.05, 4.69) is 5.32 Å². The quantitative estimate of drug-likeness (QED) is 0.646. The Hall–Kier alpha value is -1.15. The number of carbonyl (C=O) groups is 2. The van der Waals surface area contributed by atoms with Crippen LogP contribution in [0.3, 0.4) is 0 Å². The maximum Gasteiger partial charge on any atom is 0.329 e. The van der Waals surface area contributed by atoms with Gasteiger partial charge in [-0.15, -0.1) is 0 Å². The van der Waals surface area contributed by atoms with Crippen LogP contribution in [0.15, 0.2) is 0 Å². The van der Waals surface area contributed by atoms with E-state index in [-0.39, 0.29) is 0 Å². The minimum atomic E-state index is -4.35. The van der Waals surface area contributed by atoms with Gasteiger partial charge in [-0.05, 0) is 19.8 Å². The van der Waals surface area contributed by atoms with Crippen molar-refractivity contribution in [3.63, 3.8) is 0 Å². The Bertz CT molecular complexity index is 494. The minimum Gasteiger partial charge on any atom is -0.479 e. The topological polar surface area (TPSA) is 121 Å². The van der Waals surface area contributed by atoms with Crippen LogP contribution in [0.25, 0.3) is 0 Å². The first kappa shape index (κ1) is 16.9. The lowest BCUT2D eigenvalue weighted by Crippen LogP contribution is -2.65. The third kappa shape index (κ3) is 3.49. The van der Waals surface area contributed by atoms with E-state index >= 15 is 0 Å². The first-order valence-corrected chi connectivity index (χ1v) is 8.11. The van der Waals surface area contributed by atoms with Crippen LogP contribution in [0.5, 0.6) is 0 Å².